The van der Waals surface area contributed by atoms with Crippen molar-refractivity contribution in [2.45, 2.75) is 6.92 Å². The molecule has 0 atom stereocenters. The van der Waals surface area contributed by atoms with Crippen LogP contribution < -0.4 is 4.74 Å². The van der Waals surface area contributed by atoms with Gasteiger partial charge < -0.3 is 19.1 Å². The molecule has 0 saturated carbocycles. The first-order chi connectivity index (χ1) is 17.4. The zero-order chi connectivity index (χ0) is 25.5. The number of morpholine rings is 1. The van der Waals surface area contributed by atoms with Crippen LogP contribution in [0.3, 0.4) is 0 Å². The van der Waals surface area contributed by atoms with Crippen molar-refractivity contribution < 1.29 is 28.6 Å². The van der Waals surface area contributed by atoms with E-state index < -0.39 is 5.97 Å². The highest BCUT2D eigenvalue weighted by molar-refractivity contribution is 8.18. The molecule has 10 heteroatoms. The van der Waals surface area contributed by atoms with E-state index in [1.165, 1.54) is 16.7 Å². The summed E-state index contributed by atoms with van der Waals surface area (Å²) < 4.78 is 15.6. The number of carbonyl (C=O) groups excluding carboxylic acids is 3. The highest BCUT2D eigenvalue weighted by Gasteiger charge is 2.30. The standard InChI is InChI=1S/C26H27N3O6S/c1-3-34-23(30)17-35-21-9-7-18(8-10-21)15-22-25(32)28(2)26(36-22)27-20-6-4-5-19(16-20)24(31)29-11-13-33-14-12-29/h4-10,15-16H,3,11-14,17H2,1-2H3/b22-15+,27-26?. The molecule has 0 unspecified atom stereocenters. The Hall–Kier alpha value is -3.63. The molecule has 0 aliphatic carbocycles. The van der Waals surface area contributed by atoms with Crippen molar-refractivity contribution in [1.29, 1.82) is 0 Å². The Bertz CT molecular complexity index is 1190. The molecule has 9 nitrogen and oxygen atoms in total. The van der Waals surface area contributed by atoms with E-state index in [-0.39, 0.29) is 18.4 Å². The Morgan fingerprint density at radius 3 is 2.61 bits per heavy atom. The van der Waals surface area contributed by atoms with Crippen molar-refractivity contribution >= 4 is 46.5 Å². The monoisotopic (exact) mass is 509 g/mol. The summed E-state index contributed by atoms with van der Waals surface area (Å²) in [5.41, 5.74) is 1.96. The molecule has 2 saturated heterocycles. The van der Waals surface area contributed by atoms with Gasteiger partial charge in [-0.3, -0.25) is 14.5 Å². The van der Waals surface area contributed by atoms with E-state index in [2.05, 4.69) is 4.99 Å². The third-order valence-electron chi connectivity index (χ3n) is 5.46. The van der Waals surface area contributed by atoms with Gasteiger partial charge in [0, 0.05) is 25.7 Å². The maximum Gasteiger partial charge on any atom is 0.344 e. The molecule has 36 heavy (non-hydrogen) atoms. The number of thioether (sulfide) groups is 1. The predicted octanol–water partition coefficient (Wildman–Crippen LogP) is 3.33. The van der Waals surface area contributed by atoms with Gasteiger partial charge in [-0.2, -0.15) is 0 Å². The third-order valence-corrected chi connectivity index (χ3v) is 6.52. The number of amides is 2. The molecular weight excluding hydrogens is 482 g/mol. The van der Waals surface area contributed by atoms with Gasteiger partial charge in [0.25, 0.3) is 11.8 Å². The average Bonchev–Trinajstić information content (AvgIpc) is 3.16. The number of likely N-dealkylation sites (N-methyl/N-ethyl adjacent to an activating group) is 1. The van der Waals surface area contributed by atoms with E-state index in [4.69, 9.17) is 14.2 Å². The molecule has 2 heterocycles. The van der Waals surface area contributed by atoms with Crippen molar-refractivity contribution in [3.63, 3.8) is 0 Å². The fraction of sp³-hybridized carbons (Fsp3) is 0.308. The number of amidine groups is 1. The van der Waals surface area contributed by atoms with E-state index >= 15 is 0 Å². The summed E-state index contributed by atoms with van der Waals surface area (Å²) in [5, 5.41) is 0.525. The smallest absolute Gasteiger partial charge is 0.344 e. The molecule has 2 aromatic rings. The first-order valence-electron chi connectivity index (χ1n) is 11.6. The molecule has 0 spiro atoms. The van der Waals surface area contributed by atoms with Crippen LogP contribution in [-0.2, 0) is 19.1 Å². The minimum atomic E-state index is -0.428. The molecule has 0 N–H and O–H groups in total. The molecule has 4 rings (SSSR count). The minimum Gasteiger partial charge on any atom is -0.482 e. The Morgan fingerprint density at radius 2 is 1.89 bits per heavy atom. The summed E-state index contributed by atoms with van der Waals surface area (Å²) in [6.07, 6.45) is 1.78. The van der Waals surface area contributed by atoms with Crippen molar-refractivity contribution in [3.8, 4) is 5.75 Å². The van der Waals surface area contributed by atoms with Crippen molar-refractivity contribution in [2.75, 3.05) is 46.6 Å². The van der Waals surface area contributed by atoms with Gasteiger partial charge in [-0.1, -0.05) is 18.2 Å². The topological polar surface area (TPSA) is 97.7 Å². The lowest BCUT2D eigenvalue weighted by Crippen LogP contribution is -2.40. The van der Waals surface area contributed by atoms with Gasteiger partial charge in [-0.15, -0.1) is 0 Å². The summed E-state index contributed by atoms with van der Waals surface area (Å²) in [5.74, 6) is -0.120. The van der Waals surface area contributed by atoms with Crippen LogP contribution in [0, 0.1) is 0 Å². The summed E-state index contributed by atoms with van der Waals surface area (Å²) in [4.78, 5) is 45.4. The Kier molecular flexibility index (Phi) is 8.40. The summed E-state index contributed by atoms with van der Waals surface area (Å²) in [6, 6.07) is 14.2. The highest BCUT2D eigenvalue weighted by Crippen LogP contribution is 2.33. The molecule has 2 aromatic carbocycles. The van der Waals surface area contributed by atoms with Crippen molar-refractivity contribution in [3.05, 3.63) is 64.6 Å². The van der Waals surface area contributed by atoms with Crippen LogP contribution in [0.1, 0.15) is 22.8 Å². The lowest BCUT2D eigenvalue weighted by molar-refractivity contribution is -0.145. The van der Waals surface area contributed by atoms with Gasteiger partial charge in [-0.05, 0) is 60.7 Å². The van der Waals surface area contributed by atoms with E-state index in [0.717, 1.165) is 5.56 Å². The number of nitrogens with zero attached hydrogens (tertiary/aromatic N) is 3. The first-order valence-corrected chi connectivity index (χ1v) is 12.4. The summed E-state index contributed by atoms with van der Waals surface area (Å²) >= 11 is 1.27. The SMILES string of the molecule is CCOC(=O)COc1ccc(/C=C2/SC(=Nc3cccc(C(=O)N4CCOCC4)c3)N(C)C2=O)cc1. The highest BCUT2D eigenvalue weighted by atomic mass is 32.2. The lowest BCUT2D eigenvalue weighted by atomic mass is 10.1. The third kappa shape index (κ3) is 6.32. The number of aliphatic imine (C=N–C) groups is 1. The number of carbonyl (C=O) groups is 3. The van der Waals surface area contributed by atoms with Crippen molar-refractivity contribution in [1.82, 2.24) is 9.80 Å². The van der Waals surface area contributed by atoms with Crippen LogP contribution in [0.4, 0.5) is 5.69 Å². The normalized spacial score (nSPS) is 18.1. The number of rotatable bonds is 7. The second kappa shape index (κ2) is 11.9. The average molecular weight is 510 g/mol. The van der Waals surface area contributed by atoms with Gasteiger partial charge >= 0.3 is 5.97 Å². The Morgan fingerprint density at radius 1 is 1.14 bits per heavy atom. The zero-order valence-corrected chi connectivity index (χ0v) is 21.0. The fourth-order valence-electron chi connectivity index (χ4n) is 3.58. The lowest BCUT2D eigenvalue weighted by Gasteiger charge is -2.26. The Balaban J connectivity index is 1.44. The fourth-order valence-corrected chi connectivity index (χ4v) is 4.56. The summed E-state index contributed by atoms with van der Waals surface area (Å²) in [7, 11) is 1.67. The predicted molar refractivity (Wildman–Crippen MR) is 137 cm³/mol. The second-order valence-corrected chi connectivity index (χ2v) is 9.00. The molecule has 2 aliphatic rings. The number of hydrogen-bond donors (Lipinski definition) is 0. The molecule has 0 aromatic heterocycles. The molecule has 0 bridgehead atoms. The molecular formula is C26H27N3O6S. The van der Waals surface area contributed by atoms with E-state index in [1.807, 2.05) is 0 Å². The van der Waals surface area contributed by atoms with Gasteiger partial charge in [-0.25, -0.2) is 9.79 Å². The summed E-state index contributed by atoms with van der Waals surface area (Å²) in [6.45, 7) is 4.09. The van der Waals surface area contributed by atoms with Gasteiger partial charge in [0.1, 0.15) is 5.75 Å². The van der Waals surface area contributed by atoms with E-state index in [0.29, 0.717) is 60.0 Å². The number of hydrogen-bond acceptors (Lipinski definition) is 8. The van der Waals surface area contributed by atoms with Gasteiger partial charge in [0.15, 0.2) is 11.8 Å². The Labute approximate surface area is 213 Å². The van der Waals surface area contributed by atoms with Crippen LogP contribution in [-0.4, -0.2) is 79.3 Å². The van der Waals surface area contributed by atoms with Crippen LogP contribution >= 0.6 is 11.8 Å². The molecule has 2 fully saturated rings. The largest absolute Gasteiger partial charge is 0.482 e. The number of esters is 1. The van der Waals surface area contributed by atoms with Crippen LogP contribution in [0.25, 0.3) is 6.08 Å². The van der Waals surface area contributed by atoms with E-state index in [9.17, 15) is 14.4 Å². The maximum atomic E-state index is 12.8. The van der Waals surface area contributed by atoms with Crippen LogP contribution in [0.2, 0.25) is 0 Å². The molecule has 2 aliphatic heterocycles. The number of ether oxygens (including phenoxy) is 3. The van der Waals surface area contributed by atoms with Crippen LogP contribution in [0.5, 0.6) is 5.75 Å². The number of benzene rings is 2. The van der Waals surface area contributed by atoms with E-state index in [1.54, 1.807) is 73.5 Å². The first kappa shape index (κ1) is 25.5. The molecule has 2 amide bonds. The molecule has 188 valence electrons. The van der Waals surface area contributed by atoms with Gasteiger partial charge in [0.05, 0.1) is 30.4 Å². The van der Waals surface area contributed by atoms with Gasteiger partial charge in [0.2, 0.25) is 0 Å². The van der Waals surface area contributed by atoms with Crippen LogP contribution in [0.15, 0.2) is 58.4 Å². The zero-order valence-electron chi connectivity index (χ0n) is 20.1. The second-order valence-electron chi connectivity index (χ2n) is 7.99. The van der Waals surface area contributed by atoms with Crippen molar-refractivity contribution in [2.24, 2.45) is 4.99 Å². The maximum absolute atomic E-state index is 12.8. The molecule has 0 radical (unpaired) electrons. The quantitative estimate of drug-likeness (QED) is 0.417. The minimum absolute atomic E-state index is 0.0564.